The summed E-state index contributed by atoms with van der Waals surface area (Å²) < 4.78 is 10.5. The first-order chi connectivity index (χ1) is 7.79. The van der Waals surface area contributed by atoms with E-state index in [4.69, 9.17) is 9.15 Å². The lowest BCUT2D eigenvalue weighted by Crippen LogP contribution is -1.96. The summed E-state index contributed by atoms with van der Waals surface area (Å²) in [4.78, 5) is 11.0. The molecule has 3 nitrogen and oxygen atoms in total. The predicted octanol–water partition coefficient (Wildman–Crippen LogP) is 2.75. The topological polar surface area (TPSA) is 39.4 Å². The van der Waals surface area contributed by atoms with Gasteiger partial charge in [0.1, 0.15) is 17.9 Å². The summed E-state index contributed by atoms with van der Waals surface area (Å²) in [6, 6.07) is 8.50. The summed E-state index contributed by atoms with van der Waals surface area (Å²) in [7, 11) is 0. The molecular formula is C13H12O3. The zero-order valence-corrected chi connectivity index (χ0v) is 8.97. The van der Waals surface area contributed by atoms with Crippen molar-refractivity contribution in [2.45, 2.75) is 6.92 Å². The highest BCUT2D eigenvalue weighted by molar-refractivity contribution is 5.77. The van der Waals surface area contributed by atoms with Crippen LogP contribution in [0.3, 0.4) is 0 Å². The Labute approximate surface area is 93.0 Å². The van der Waals surface area contributed by atoms with Gasteiger partial charge in [-0.3, -0.25) is 0 Å². The molecule has 0 fully saturated rings. The van der Waals surface area contributed by atoms with Gasteiger partial charge < -0.3 is 9.15 Å². The van der Waals surface area contributed by atoms with Gasteiger partial charge in [-0.2, -0.15) is 0 Å². The van der Waals surface area contributed by atoms with Gasteiger partial charge in [-0.1, -0.05) is 12.2 Å². The van der Waals surface area contributed by atoms with Crippen LogP contribution in [0.25, 0.3) is 11.0 Å². The van der Waals surface area contributed by atoms with Gasteiger partial charge in [0.2, 0.25) is 0 Å². The Bertz CT molecular complexity index is 567. The molecule has 0 saturated heterocycles. The summed E-state index contributed by atoms with van der Waals surface area (Å²) in [5, 5.41) is 0.859. The maximum atomic E-state index is 11.0. The first kappa shape index (κ1) is 10.5. The number of rotatable bonds is 3. The molecule has 16 heavy (non-hydrogen) atoms. The second kappa shape index (κ2) is 4.66. The molecule has 0 atom stereocenters. The van der Waals surface area contributed by atoms with Crippen molar-refractivity contribution >= 4 is 11.0 Å². The number of fused-ring (bicyclic) bond motifs is 1. The summed E-state index contributed by atoms with van der Waals surface area (Å²) in [5.74, 6) is 0.763. The van der Waals surface area contributed by atoms with E-state index in [-0.39, 0.29) is 5.63 Å². The molecule has 0 aliphatic heterocycles. The smallest absolute Gasteiger partial charge is 0.336 e. The highest BCUT2D eigenvalue weighted by Gasteiger charge is 1.99. The van der Waals surface area contributed by atoms with E-state index in [0.717, 1.165) is 11.1 Å². The number of benzene rings is 1. The maximum absolute atomic E-state index is 11.0. The van der Waals surface area contributed by atoms with Crippen LogP contribution in [0.5, 0.6) is 5.75 Å². The fourth-order valence-electron chi connectivity index (χ4n) is 1.38. The molecule has 0 spiro atoms. The molecular weight excluding hydrogens is 204 g/mol. The van der Waals surface area contributed by atoms with Crippen LogP contribution >= 0.6 is 0 Å². The quantitative estimate of drug-likeness (QED) is 0.585. The third kappa shape index (κ3) is 2.31. The van der Waals surface area contributed by atoms with E-state index >= 15 is 0 Å². The highest BCUT2D eigenvalue weighted by atomic mass is 16.5. The van der Waals surface area contributed by atoms with Crippen LogP contribution in [0, 0.1) is 0 Å². The molecule has 3 heteroatoms. The average molecular weight is 216 g/mol. The SMILES string of the molecule is CC=CCOc1ccc2oc(=O)ccc2c1. The summed E-state index contributed by atoms with van der Waals surface area (Å²) in [6.07, 6.45) is 3.86. The number of hydrogen-bond acceptors (Lipinski definition) is 3. The number of ether oxygens (including phenoxy) is 1. The van der Waals surface area contributed by atoms with Gasteiger partial charge in [0, 0.05) is 11.5 Å². The Morgan fingerprint density at radius 1 is 1.31 bits per heavy atom. The summed E-state index contributed by atoms with van der Waals surface area (Å²) >= 11 is 0. The van der Waals surface area contributed by atoms with E-state index in [0.29, 0.717) is 12.2 Å². The molecule has 0 aliphatic carbocycles. The van der Waals surface area contributed by atoms with Crippen molar-refractivity contribution in [2.75, 3.05) is 6.61 Å². The fraction of sp³-hybridized carbons (Fsp3) is 0.154. The molecule has 0 saturated carbocycles. The normalized spacial score (nSPS) is 11.1. The van der Waals surface area contributed by atoms with E-state index in [1.165, 1.54) is 6.07 Å². The van der Waals surface area contributed by atoms with Gasteiger partial charge in [-0.05, 0) is 31.2 Å². The second-order valence-corrected chi connectivity index (χ2v) is 3.33. The Balaban J connectivity index is 2.29. The number of hydrogen-bond donors (Lipinski definition) is 0. The molecule has 0 amide bonds. The minimum absolute atomic E-state index is 0.338. The minimum atomic E-state index is -0.338. The van der Waals surface area contributed by atoms with Crippen molar-refractivity contribution in [3.05, 3.63) is 52.9 Å². The molecule has 0 radical (unpaired) electrons. The first-order valence-electron chi connectivity index (χ1n) is 5.07. The molecule has 0 bridgehead atoms. The summed E-state index contributed by atoms with van der Waals surface area (Å²) in [6.45, 7) is 2.48. The highest BCUT2D eigenvalue weighted by Crippen LogP contribution is 2.19. The zero-order chi connectivity index (χ0) is 11.4. The third-order valence-electron chi connectivity index (χ3n) is 2.17. The Hall–Kier alpha value is -2.03. The van der Waals surface area contributed by atoms with Crippen LogP contribution in [0.15, 0.2) is 51.7 Å². The molecule has 0 unspecified atom stereocenters. The van der Waals surface area contributed by atoms with Crippen molar-refractivity contribution in [1.82, 2.24) is 0 Å². The van der Waals surface area contributed by atoms with Crippen LogP contribution < -0.4 is 10.4 Å². The molecule has 2 aromatic rings. The summed E-state index contributed by atoms with van der Waals surface area (Å²) in [5.41, 5.74) is 0.237. The maximum Gasteiger partial charge on any atom is 0.336 e. The van der Waals surface area contributed by atoms with Gasteiger partial charge in [-0.25, -0.2) is 4.79 Å². The van der Waals surface area contributed by atoms with Crippen molar-refractivity contribution < 1.29 is 9.15 Å². The van der Waals surface area contributed by atoms with Crippen molar-refractivity contribution in [2.24, 2.45) is 0 Å². The van der Waals surface area contributed by atoms with E-state index in [9.17, 15) is 4.79 Å². The second-order valence-electron chi connectivity index (χ2n) is 3.33. The fourth-order valence-corrected chi connectivity index (χ4v) is 1.38. The lowest BCUT2D eigenvalue weighted by Gasteiger charge is -2.03. The molecule has 1 aromatic carbocycles. The van der Waals surface area contributed by atoms with E-state index in [2.05, 4.69) is 0 Å². The standard InChI is InChI=1S/C13H12O3/c1-2-3-8-15-11-5-6-12-10(9-11)4-7-13(14)16-12/h2-7,9H,8H2,1H3. The minimum Gasteiger partial charge on any atom is -0.490 e. The predicted molar refractivity (Wildman–Crippen MR) is 62.8 cm³/mol. The molecule has 0 aliphatic rings. The number of allylic oxidation sites excluding steroid dienone is 1. The van der Waals surface area contributed by atoms with Crippen molar-refractivity contribution in [3.63, 3.8) is 0 Å². The van der Waals surface area contributed by atoms with Crippen molar-refractivity contribution in [3.8, 4) is 5.75 Å². The Kier molecular flexibility index (Phi) is 3.05. The third-order valence-corrected chi connectivity index (χ3v) is 2.17. The van der Waals surface area contributed by atoms with Gasteiger partial charge in [0.05, 0.1) is 0 Å². The average Bonchev–Trinajstić information content (AvgIpc) is 2.29. The van der Waals surface area contributed by atoms with Gasteiger partial charge in [0.25, 0.3) is 0 Å². The zero-order valence-electron chi connectivity index (χ0n) is 8.97. The van der Waals surface area contributed by atoms with E-state index < -0.39 is 0 Å². The lowest BCUT2D eigenvalue weighted by molar-refractivity contribution is 0.363. The van der Waals surface area contributed by atoms with Crippen molar-refractivity contribution in [1.29, 1.82) is 0 Å². The molecule has 1 heterocycles. The van der Waals surface area contributed by atoms with E-state index in [1.807, 2.05) is 25.1 Å². The Morgan fingerprint density at radius 2 is 2.19 bits per heavy atom. The van der Waals surface area contributed by atoms with Crippen LogP contribution in [0.4, 0.5) is 0 Å². The van der Waals surface area contributed by atoms with E-state index in [1.54, 1.807) is 18.2 Å². The van der Waals surface area contributed by atoms with Crippen LogP contribution in [0.2, 0.25) is 0 Å². The van der Waals surface area contributed by atoms with Crippen LogP contribution in [-0.4, -0.2) is 6.61 Å². The Morgan fingerprint density at radius 3 is 3.00 bits per heavy atom. The van der Waals surface area contributed by atoms with Gasteiger partial charge in [-0.15, -0.1) is 0 Å². The molecule has 0 N–H and O–H groups in total. The van der Waals surface area contributed by atoms with Crippen LogP contribution in [-0.2, 0) is 0 Å². The molecule has 82 valence electrons. The van der Waals surface area contributed by atoms with Crippen LogP contribution in [0.1, 0.15) is 6.92 Å². The monoisotopic (exact) mass is 216 g/mol. The lowest BCUT2D eigenvalue weighted by atomic mass is 10.2. The van der Waals surface area contributed by atoms with Gasteiger partial charge in [0.15, 0.2) is 0 Å². The molecule has 1 aromatic heterocycles. The first-order valence-corrected chi connectivity index (χ1v) is 5.07. The van der Waals surface area contributed by atoms with Gasteiger partial charge >= 0.3 is 5.63 Å². The largest absolute Gasteiger partial charge is 0.490 e. The molecule has 2 rings (SSSR count).